The third-order valence-corrected chi connectivity index (χ3v) is 5.96. The lowest BCUT2D eigenvalue weighted by atomic mass is 10.2. The molecular formula is C19H22N3O2S+. The van der Waals surface area contributed by atoms with Gasteiger partial charge in [0.1, 0.15) is 23.7 Å². The van der Waals surface area contributed by atoms with Gasteiger partial charge in [0.15, 0.2) is 5.82 Å². The highest BCUT2D eigenvalue weighted by Gasteiger charge is 2.21. The Kier molecular flexibility index (Phi) is 4.31. The Balaban J connectivity index is 1.57. The number of nitrogens with one attached hydrogen (secondary N) is 2. The zero-order valence-corrected chi connectivity index (χ0v) is 15.3. The minimum absolute atomic E-state index is 0.0180. The van der Waals surface area contributed by atoms with Crippen LogP contribution in [0.25, 0.3) is 10.2 Å². The van der Waals surface area contributed by atoms with Crippen molar-refractivity contribution in [2.24, 2.45) is 0 Å². The van der Waals surface area contributed by atoms with E-state index in [1.807, 2.05) is 18.2 Å². The second-order valence-electron chi connectivity index (χ2n) is 6.67. The monoisotopic (exact) mass is 356 g/mol. The number of para-hydroxylation sites is 1. The molecule has 25 heavy (non-hydrogen) atoms. The Morgan fingerprint density at radius 1 is 1.28 bits per heavy atom. The van der Waals surface area contributed by atoms with Crippen molar-refractivity contribution >= 4 is 21.6 Å². The molecule has 0 amide bonds. The molecule has 1 aliphatic rings. The van der Waals surface area contributed by atoms with Crippen molar-refractivity contribution in [2.45, 2.75) is 32.4 Å². The van der Waals surface area contributed by atoms with E-state index in [-0.39, 0.29) is 5.56 Å². The number of nitrogens with zero attached hydrogens (tertiary/aromatic N) is 1. The second kappa shape index (κ2) is 6.61. The first kappa shape index (κ1) is 16.3. The lowest BCUT2D eigenvalue weighted by Crippen LogP contribution is -3.06. The van der Waals surface area contributed by atoms with E-state index in [0.29, 0.717) is 6.54 Å². The van der Waals surface area contributed by atoms with Crippen molar-refractivity contribution < 1.29 is 9.64 Å². The SMILES string of the molecule is COc1ccccc1C[NH+](C)Cc1nc2sc3c(c2c(=O)[nH]1)CCC3. The molecule has 0 saturated carbocycles. The van der Waals surface area contributed by atoms with E-state index in [0.717, 1.165) is 53.2 Å². The first-order valence-electron chi connectivity index (χ1n) is 8.62. The summed E-state index contributed by atoms with van der Waals surface area (Å²) in [4.78, 5) is 23.8. The largest absolute Gasteiger partial charge is 0.496 e. The van der Waals surface area contributed by atoms with Crippen LogP contribution in [0, 0.1) is 0 Å². The van der Waals surface area contributed by atoms with Crippen LogP contribution < -0.4 is 15.2 Å². The van der Waals surface area contributed by atoms with Gasteiger partial charge < -0.3 is 14.6 Å². The van der Waals surface area contributed by atoms with E-state index in [1.165, 1.54) is 15.3 Å². The van der Waals surface area contributed by atoms with Crippen molar-refractivity contribution in [1.82, 2.24) is 9.97 Å². The molecule has 0 fully saturated rings. The Morgan fingerprint density at radius 2 is 2.12 bits per heavy atom. The highest BCUT2D eigenvalue weighted by atomic mass is 32.1. The summed E-state index contributed by atoms with van der Waals surface area (Å²) in [7, 11) is 3.79. The zero-order chi connectivity index (χ0) is 17.4. The van der Waals surface area contributed by atoms with Crippen LogP contribution in [0.3, 0.4) is 0 Å². The maximum atomic E-state index is 12.5. The number of rotatable bonds is 5. The number of methoxy groups -OCH3 is 1. The predicted octanol–water partition coefficient (Wildman–Crippen LogP) is 1.70. The van der Waals surface area contributed by atoms with Crippen LogP contribution in [0.2, 0.25) is 0 Å². The molecular weight excluding hydrogens is 334 g/mol. The number of benzene rings is 1. The summed E-state index contributed by atoms with van der Waals surface area (Å²) < 4.78 is 5.42. The number of quaternary nitrogens is 1. The molecule has 5 nitrogen and oxygen atoms in total. The van der Waals surface area contributed by atoms with Crippen LogP contribution in [-0.4, -0.2) is 24.1 Å². The number of H-pyrrole nitrogens is 1. The first-order chi connectivity index (χ1) is 12.2. The summed E-state index contributed by atoms with van der Waals surface area (Å²) in [5.41, 5.74) is 2.40. The number of aromatic amines is 1. The molecule has 0 radical (unpaired) electrons. The molecule has 1 aliphatic carbocycles. The number of aromatic nitrogens is 2. The molecule has 6 heteroatoms. The Labute approximate surface area is 150 Å². The highest BCUT2D eigenvalue weighted by molar-refractivity contribution is 7.18. The summed E-state index contributed by atoms with van der Waals surface area (Å²) in [6.45, 7) is 1.48. The van der Waals surface area contributed by atoms with Crippen LogP contribution in [0.4, 0.5) is 0 Å². The number of aryl methyl sites for hydroxylation is 2. The third kappa shape index (κ3) is 3.07. The molecule has 1 aromatic carbocycles. The number of ether oxygens (including phenoxy) is 1. The van der Waals surface area contributed by atoms with Gasteiger partial charge in [-0.25, -0.2) is 4.98 Å². The average molecular weight is 356 g/mol. The van der Waals surface area contributed by atoms with Crippen LogP contribution in [0.15, 0.2) is 29.1 Å². The number of thiophene rings is 1. The summed E-state index contributed by atoms with van der Waals surface area (Å²) in [6, 6.07) is 8.04. The third-order valence-electron chi connectivity index (χ3n) is 4.78. The quantitative estimate of drug-likeness (QED) is 0.732. The fourth-order valence-electron chi connectivity index (χ4n) is 3.65. The van der Waals surface area contributed by atoms with Crippen LogP contribution in [-0.2, 0) is 25.9 Å². The standard InChI is InChI=1S/C19H21N3O2S/c1-22(10-12-6-3-4-8-14(12)24-2)11-16-20-18(23)17-13-7-5-9-15(13)25-19(17)21-16/h3-4,6,8H,5,7,9-11H2,1-2H3,(H,20,21,23)/p+1. The topological polar surface area (TPSA) is 59.4 Å². The molecule has 2 N–H and O–H groups in total. The molecule has 0 aliphatic heterocycles. The van der Waals surface area contributed by atoms with Gasteiger partial charge in [-0.15, -0.1) is 11.3 Å². The van der Waals surface area contributed by atoms with Crippen molar-refractivity contribution in [3.05, 3.63) is 56.4 Å². The van der Waals surface area contributed by atoms with Gasteiger partial charge in [-0.2, -0.15) is 0 Å². The summed E-state index contributed by atoms with van der Waals surface area (Å²) in [5.74, 6) is 1.65. The van der Waals surface area contributed by atoms with Gasteiger partial charge in [0.25, 0.3) is 5.56 Å². The summed E-state index contributed by atoms with van der Waals surface area (Å²) >= 11 is 1.69. The van der Waals surface area contributed by atoms with Gasteiger partial charge in [0, 0.05) is 10.4 Å². The van der Waals surface area contributed by atoms with Gasteiger partial charge in [-0.1, -0.05) is 12.1 Å². The summed E-state index contributed by atoms with van der Waals surface area (Å²) in [5, 5.41) is 0.823. The van der Waals surface area contributed by atoms with E-state index in [1.54, 1.807) is 18.4 Å². The Bertz CT molecular complexity index is 976. The Hall–Kier alpha value is -2.18. The minimum Gasteiger partial charge on any atom is -0.496 e. The lowest BCUT2D eigenvalue weighted by molar-refractivity contribution is -0.908. The highest BCUT2D eigenvalue weighted by Crippen LogP contribution is 2.34. The fraction of sp³-hybridized carbons (Fsp3) is 0.368. The fourth-order valence-corrected chi connectivity index (χ4v) is 4.93. The van der Waals surface area contributed by atoms with Gasteiger partial charge in [-0.05, 0) is 37.0 Å². The first-order valence-corrected chi connectivity index (χ1v) is 9.44. The van der Waals surface area contributed by atoms with E-state index in [9.17, 15) is 4.79 Å². The molecule has 1 atom stereocenters. The van der Waals surface area contributed by atoms with Crippen LogP contribution >= 0.6 is 11.3 Å². The normalized spacial score (nSPS) is 14.6. The van der Waals surface area contributed by atoms with Gasteiger partial charge in [0.2, 0.25) is 0 Å². The van der Waals surface area contributed by atoms with Crippen molar-refractivity contribution in [3.63, 3.8) is 0 Å². The second-order valence-corrected chi connectivity index (χ2v) is 7.76. The predicted molar refractivity (Wildman–Crippen MR) is 99.6 cm³/mol. The maximum Gasteiger partial charge on any atom is 0.260 e. The minimum atomic E-state index is 0.0180. The van der Waals surface area contributed by atoms with E-state index >= 15 is 0 Å². The molecule has 2 aromatic heterocycles. The molecule has 0 spiro atoms. The van der Waals surface area contributed by atoms with Crippen molar-refractivity contribution in [1.29, 1.82) is 0 Å². The maximum absolute atomic E-state index is 12.5. The number of hydrogen-bond acceptors (Lipinski definition) is 4. The van der Waals surface area contributed by atoms with Gasteiger partial charge in [0.05, 0.1) is 19.5 Å². The van der Waals surface area contributed by atoms with E-state index in [2.05, 4.69) is 18.1 Å². The van der Waals surface area contributed by atoms with Gasteiger partial charge >= 0.3 is 0 Å². The Morgan fingerprint density at radius 3 is 2.96 bits per heavy atom. The van der Waals surface area contributed by atoms with E-state index < -0.39 is 0 Å². The molecule has 4 rings (SSSR count). The van der Waals surface area contributed by atoms with E-state index in [4.69, 9.17) is 9.72 Å². The molecule has 1 unspecified atom stereocenters. The number of hydrogen-bond donors (Lipinski definition) is 2. The van der Waals surface area contributed by atoms with Crippen LogP contribution in [0.5, 0.6) is 5.75 Å². The molecule has 0 saturated heterocycles. The molecule has 3 aromatic rings. The molecule has 2 heterocycles. The summed E-state index contributed by atoms with van der Waals surface area (Å²) in [6.07, 6.45) is 3.26. The smallest absolute Gasteiger partial charge is 0.260 e. The molecule has 130 valence electrons. The van der Waals surface area contributed by atoms with Crippen molar-refractivity contribution in [3.8, 4) is 5.75 Å². The van der Waals surface area contributed by atoms with Gasteiger partial charge in [-0.3, -0.25) is 4.79 Å². The average Bonchev–Trinajstić information content (AvgIpc) is 3.15. The lowest BCUT2D eigenvalue weighted by Gasteiger charge is -2.15. The zero-order valence-electron chi connectivity index (χ0n) is 14.5. The molecule has 0 bridgehead atoms. The van der Waals surface area contributed by atoms with Crippen LogP contribution in [0.1, 0.15) is 28.2 Å². The van der Waals surface area contributed by atoms with Crippen molar-refractivity contribution in [2.75, 3.05) is 14.2 Å². The number of fused-ring (bicyclic) bond motifs is 3.